The van der Waals surface area contributed by atoms with E-state index in [1.54, 1.807) is 0 Å². The first-order valence-corrected chi connectivity index (χ1v) is 18.0. The van der Waals surface area contributed by atoms with E-state index in [0.29, 0.717) is 5.92 Å². The van der Waals surface area contributed by atoms with Gasteiger partial charge in [-0.2, -0.15) is 0 Å². The van der Waals surface area contributed by atoms with Gasteiger partial charge in [0.15, 0.2) is 0 Å². The van der Waals surface area contributed by atoms with Crippen molar-refractivity contribution in [3.8, 4) is 5.69 Å². The highest BCUT2D eigenvalue weighted by Gasteiger charge is 2.26. The molecular weight excluding hydrogens is 629 g/mol. The quantitative estimate of drug-likeness (QED) is 0.188. The van der Waals surface area contributed by atoms with Gasteiger partial charge in [-0.25, -0.2) is 0 Å². The van der Waals surface area contributed by atoms with E-state index in [-0.39, 0.29) is 0 Å². The molecule has 6 aromatic carbocycles. The first-order chi connectivity index (χ1) is 24.8. The third-order valence-corrected chi connectivity index (χ3v) is 11.7. The predicted molar refractivity (Wildman–Crippen MR) is 212 cm³/mol. The number of anilines is 3. The lowest BCUT2D eigenvalue weighted by atomic mass is 9.83. The molecule has 0 fully saturated rings. The van der Waals surface area contributed by atoms with Gasteiger partial charge in [-0.05, 0) is 84.8 Å². The molecule has 3 heterocycles. The zero-order valence-electron chi connectivity index (χ0n) is 27.1. The topological polar surface area (TPSA) is 21.3 Å². The maximum absolute atomic E-state index is 6.38. The van der Waals surface area contributed by atoms with Gasteiger partial charge in [0, 0.05) is 82.3 Å². The van der Waals surface area contributed by atoms with Gasteiger partial charge in [-0.1, -0.05) is 85.0 Å². The highest BCUT2D eigenvalue weighted by molar-refractivity contribution is 7.25. The first kappa shape index (κ1) is 27.8. The van der Waals surface area contributed by atoms with Crippen molar-refractivity contribution in [2.24, 2.45) is 5.92 Å². The normalized spacial score (nSPS) is 15.3. The van der Waals surface area contributed by atoms with Crippen LogP contribution in [0.25, 0.3) is 64.8 Å². The van der Waals surface area contributed by atoms with E-state index in [9.17, 15) is 0 Å². The van der Waals surface area contributed by atoms with Crippen LogP contribution in [0, 0.1) is 5.92 Å². The maximum atomic E-state index is 6.38. The summed E-state index contributed by atoms with van der Waals surface area (Å²) in [5, 5.41) is 6.17. The Kier molecular flexibility index (Phi) is 5.95. The Labute approximate surface area is 292 Å². The molecule has 9 aromatic rings. The minimum atomic E-state index is 0.405. The molecule has 0 amide bonds. The van der Waals surface area contributed by atoms with Gasteiger partial charge < -0.3 is 13.9 Å². The largest absolute Gasteiger partial charge is 0.456 e. The number of benzene rings is 6. The summed E-state index contributed by atoms with van der Waals surface area (Å²) in [6.07, 6.45) is 12.3. The van der Waals surface area contributed by atoms with Crippen LogP contribution in [0.3, 0.4) is 0 Å². The van der Waals surface area contributed by atoms with Crippen molar-refractivity contribution >= 4 is 87.5 Å². The molecule has 50 heavy (non-hydrogen) atoms. The van der Waals surface area contributed by atoms with Crippen molar-refractivity contribution < 1.29 is 4.42 Å². The molecule has 0 N–H and O–H groups in total. The lowest BCUT2D eigenvalue weighted by molar-refractivity contribution is 0.669. The SMILES string of the molecule is C1=CC2=Cc3c(n(-c4ccc(N(c5ccc6c(c5)oc5ccccc56)c5ccc6c(c5)sc5ccccc56)cc4)c4ccccc34)CC2C=C1. The van der Waals surface area contributed by atoms with Crippen LogP contribution >= 0.6 is 11.3 Å². The van der Waals surface area contributed by atoms with Crippen LogP contribution in [-0.2, 0) is 6.42 Å². The Balaban J connectivity index is 1.08. The molecule has 3 aromatic heterocycles. The van der Waals surface area contributed by atoms with Gasteiger partial charge in [0.05, 0.1) is 5.52 Å². The molecule has 3 nitrogen and oxygen atoms in total. The molecule has 2 aliphatic carbocycles. The van der Waals surface area contributed by atoms with Crippen LogP contribution in [0.4, 0.5) is 17.1 Å². The van der Waals surface area contributed by atoms with Crippen molar-refractivity contribution in [2.45, 2.75) is 6.42 Å². The summed E-state index contributed by atoms with van der Waals surface area (Å²) in [6.45, 7) is 0. The number of furan rings is 1. The average Bonchev–Trinajstić information content (AvgIpc) is 3.83. The molecule has 1 unspecified atom stereocenters. The molecule has 0 saturated heterocycles. The number of hydrogen-bond acceptors (Lipinski definition) is 3. The summed E-state index contributed by atoms with van der Waals surface area (Å²) < 4.78 is 11.4. The Bertz CT molecular complexity index is 2800. The van der Waals surface area contributed by atoms with Crippen molar-refractivity contribution in [2.75, 3.05) is 4.90 Å². The number of hydrogen-bond donors (Lipinski definition) is 0. The van der Waals surface area contributed by atoms with E-state index in [1.165, 1.54) is 53.6 Å². The molecule has 11 rings (SSSR count). The van der Waals surface area contributed by atoms with Crippen LogP contribution in [-0.4, -0.2) is 4.57 Å². The minimum Gasteiger partial charge on any atom is -0.456 e. The summed E-state index contributed by atoms with van der Waals surface area (Å²) >= 11 is 1.85. The summed E-state index contributed by atoms with van der Waals surface area (Å²) in [5.41, 5.74) is 11.6. The highest BCUT2D eigenvalue weighted by Crippen LogP contribution is 2.44. The number of para-hydroxylation sites is 2. The fourth-order valence-corrected chi connectivity index (χ4v) is 9.34. The van der Waals surface area contributed by atoms with Crippen LogP contribution in [0.1, 0.15) is 11.3 Å². The van der Waals surface area contributed by atoms with Crippen molar-refractivity contribution in [1.82, 2.24) is 4.57 Å². The number of fused-ring (bicyclic) bond motifs is 10. The molecule has 0 aliphatic heterocycles. The number of nitrogens with zero attached hydrogens (tertiary/aromatic N) is 2. The number of thiophene rings is 1. The Morgan fingerprint density at radius 1 is 0.600 bits per heavy atom. The van der Waals surface area contributed by atoms with Gasteiger partial charge in [0.25, 0.3) is 0 Å². The van der Waals surface area contributed by atoms with Gasteiger partial charge in [0.1, 0.15) is 11.2 Å². The smallest absolute Gasteiger partial charge is 0.137 e. The minimum absolute atomic E-state index is 0.405. The third kappa shape index (κ3) is 4.15. The third-order valence-electron chi connectivity index (χ3n) is 10.5. The molecule has 4 heteroatoms. The van der Waals surface area contributed by atoms with Crippen molar-refractivity contribution in [3.05, 3.63) is 175 Å². The first-order valence-electron chi connectivity index (χ1n) is 17.2. The van der Waals surface area contributed by atoms with E-state index in [4.69, 9.17) is 4.42 Å². The van der Waals surface area contributed by atoms with E-state index in [0.717, 1.165) is 45.4 Å². The van der Waals surface area contributed by atoms with Crippen LogP contribution in [0.5, 0.6) is 0 Å². The fraction of sp³-hybridized carbons (Fsp3) is 0.0435. The van der Waals surface area contributed by atoms with Gasteiger partial charge in [0.2, 0.25) is 0 Å². The molecule has 1 atom stereocenters. The fourth-order valence-electron chi connectivity index (χ4n) is 8.20. The lowest BCUT2D eigenvalue weighted by Gasteiger charge is -2.26. The standard InChI is InChI=1S/C46H30N2OS/c1-2-10-30-26-42-40(25-29(30)9-1)35-11-3-6-14-41(35)48(42)32-19-17-31(18-20-32)47(33-21-23-37-36-12-4-7-15-43(36)49-44(37)27-33)34-22-24-39-38-13-5-8-16-45(38)50-46(39)28-34/h1-25,27-28,30H,26H2. The predicted octanol–water partition coefficient (Wildman–Crippen LogP) is 13.0. The molecular formula is C46H30N2OS. The van der Waals surface area contributed by atoms with Crippen LogP contribution in [0.2, 0.25) is 0 Å². The second kappa shape index (κ2) is 10.7. The Morgan fingerprint density at radius 2 is 1.30 bits per heavy atom. The summed E-state index contributed by atoms with van der Waals surface area (Å²) in [4.78, 5) is 2.36. The van der Waals surface area contributed by atoms with Crippen molar-refractivity contribution in [3.63, 3.8) is 0 Å². The van der Waals surface area contributed by atoms with E-state index in [1.807, 2.05) is 23.5 Å². The van der Waals surface area contributed by atoms with E-state index >= 15 is 0 Å². The number of aromatic nitrogens is 1. The summed E-state index contributed by atoms with van der Waals surface area (Å²) in [5.74, 6) is 0.405. The molecule has 0 spiro atoms. The second-order valence-corrected chi connectivity index (χ2v) is 14.4. The number of rotatable bonds is 4. The molecule has 0 saturated carbocycles. The van der Waals surface area contributed by atoms with Gasteiger partial charge in [-0.15, -0.1) is 11.3 Å². The van der Waals surface area contributed by atoms with E-state index < -0.39 is 0 Å². The van der Waals surface area contributed by atoms with Gasteiger partial charge >= 0.3 is 0 Å². The maximum Gasteiger partial charge on any atom is 0.137 e. The lowest BCUT2D eigenvalue weighted by Crippen LogP contribution is -2.14. The summed E-state index contributed by atoms with van der Waals surface area (Å²) in [6, 6.07) is 48.4. The zero-order chi connectivity index (χ0) is 32.8. The highest BCUT2D eigenvalue weighted by atomic mass is 32.1. The Morgan fingerprint density at radius 3 is 2.20 bits per heavy atom. The molecule has 0 radical (unpaired) electrons. The molecule has 0 bridgehead atoms. The van der Waals surface area contributed by atoms with Crippen LogP contribution < -0.4 is 4.90 Å². The van der Waals surface area contributed by atoms with Gasteiger partial charge in [-0.3, -0.25) is 0 Å². The average molecular weight is 659 g/mol. The van der Waals surface area contributed by atoms with E-state index in [2.05, 4.69) is 161 Å². The second-order valence-electron chi connectivity index (χ2n) is 13.3. The zero-order valence-corrected chi connectivity index (χ0v) is 27.9. The summed E-state index contributed by atoms with van der Waals surface area (Å²) in [7, 11) is 0. The van der Waals surface area contributed by atoms with Crippen molar-refractivity contribution in [1.29, 1.82) is 0 Å². The molecule has 2 aliphatic rings. The van der Waals surface area contributed by atoms with Crippen LogP contribution in [0.15, 0.2) is 168 Å². The Hall–Kier alpha value is -6.10. The molecule has 236 valence electrons. The number of allylic oxidation sites excluding steroid dienone is 5. The monoisotopic (exact) mass is 658 g/mol.